The fourth-order valence-electron chi connectivity index (χ4n) is 1.18. The fraction of sp³-hybridized carbons (Fsp3) is 0.0909. The molecule has 0 aliphatic carbocycles. The summed E-state index contributed by atoms with van der Waals surface area (Å²) in [5, 5.41) is 2.15. The van der Waals surface area contributed by atoms with E-state index >= 15 is 0 Å². The molecule has 0 aliphatic rings. The Morgan fingerprint density at radius 3 is 2.77 bits per heavy atom. The summed E-state index contributed by atoms with van der Waals surface area (Å²) in [6.07, 6.45) is 3.95. The van der Waals surface area contributed by atoms with Gasteiger partial charge in [-0.3, -0.25) is 0 Å². The minimum Gasteiger partial charge on any atom is -0.398 e. The highest BCUT2D eigenvalue weighted by molar-refractivity contribution is 9.12. The monoisotopic (exact) mass is 237 g/mol. The Balaban J connectivity index is 3.60. The lowest BCUT2D eigenvalue weighted by Crippen LogP contribution is -2.27. The molecule has 1 nitrogen and oxygen atoms in total. The third kappa shape index (κ3) is 2.46. The number of allylic oxidation sites excluding steroid dienone is 1. The number of nitrogens with two attached hydrogens (primary N) is 1. The molecule has 13 heavy (non-hydrogen) atoms. The van der Waals surface area contributed by atoms with Crippen molar-refractivity contribution in [1.29, 1.82) is 0 Å². The Morgan fingerprint density at radius 2 is 2.23 bits per heavy atom. The molecule has 0 saturated carbocycles. The fourth-order valence-corrected chi connectivity index (χ4v) is 1.41. The summed E-state index contributed by atoms with van der Waals surface area (Å²) in [4.78, 5) is 0. The molecular formula is C11H12BrN. The predicted octanol–water partition coefficient (Wildman–Crippen LogP) is 1.76. The summed E-state index contributed by atoms with van der Waals surface area (Å²) in [5.74, 6) is 0. The Hall–Kier alpha value is -1.02. The van der Waals surface area contributed by atoms with E-state index in [0.717, 1.165) is 20.6 Å². The standard InChI is InChI=1S/C11H12BrN/c1-3-9-5-4-6-11(13)10(9)7-8(2)12/h3-7H,2,13H2,1H3/b9-3?,10-7+. The summed E-state index contributed by atoms with van der Waals surface area (Å²) >= 11 is 3.29. The van der Waals surface area contributed by atoms with E-state index in [9.17, 15) is 0 Å². The van der Waals surface area contributed by atoms with Gasteiger partial charge < -0.3 is 5.73 Å². The van der Waals surface area contributed by atoms with Crippen LogP contribution in [0.15, 0.2) is 29.3 Å². The molecule has 0 saturated heterocycles. The van der Waals surface area contributed by atoms with Crippen LogP contribution in [0, 0.1) is 0 Å². The van der Waals surface area contributed by atoms with Crippen LogP contribution >= 0.6 is 15.9 Å². The van der Waals surface area contributed by atoms with Crippen LogP contribution in [-0.4, -0.2) is 0 Å². The first-order valence-electron chi connectivity index (χ1n) is 4.02. The first-order valence-corrected chi connectivity index (χ1v) is 4.81. The highest BCUT2D eigenvalue weighted by Gasteiger charge is 1.90. The van der Waals surface area contributed by atoms with Gasteiger partial charge in [-0.25, -0.2) is 0 Å². The van der Waals surface area contributed by atoms with Gasteiger partial charge in [0.25, 0.3) is 0 Å². The van der Waals surface area contributed by atoms with Crippen molar-refractivity contribution in [3.8, 4) is 0 Å². The molecule has 2 N–H and O–H groups in total. The second-order valence-corrected chi connectivity index (χ2v) is 3.75. The van der Waals surface area contributed by atoms with Crippen LogP contribution in [0.1, 0.15) is 6.92 Å². The van der Waals surface area contributed by atoms with Gasteiger partial charge in [0.1, 0.15) is 0 Å². The van der Waals surface area contributed by atoms with Gasteiger partial charge in [0.05, 0.1) is 0 Å². The molecule has 0 bridgehead atoms. The number of anilines is 1. The molecule has 0 radical (unpaired) electrons. The molecule has 0 spiro atoms. The van der Waals surface area contributed by atoms with Crippen LogP contribution in [0.25, 0.3) is 12.2 Å². The van der Waals surface area contributed by atoms with Crippen molar-refractivity contribution in [3.63, 3.8) is 0 Å². The minimum atomic E-state index is 0.774. The van der Waals surface area contributed by atoms with E-state index in [-0.39, 0.29) is 0 Å². The van der Waals surface area contributed by atoms with Crippen molar-refractivity contribution < 1.29 is 0 Å². The maximum Gasteiger partial charge on any atom is 0.0393 e. The second-order valence-electron chi connectivity index (χ2n) is 2.73. The van der Waals surface area contributed by atoms with Crippen LogP contribution in [0.5, 0.6) is 0 Å². The lowest BCUT2D eigenvalue weighted by atomic mass is 10.2. The molecule has 0 unspecified atom stereocenters. The Labute approximate surface area is 86.4 Å². The molecule has 0 atom stereocenters. The van der Waals surface area contributed by atoms with E-state index in [4.69, 9.17) is 5.73 Å². The van der Waals surface area contributed by atoms with Crippen molar-refractivity contribution in [2.24, 2.45) is 0 Å². The molecular weight excluding hydrogens is 226 g/mol. The summed E-state index contributed by atoms with van der Waals surface area (Å²) < 4.78 is 0.827. The first-order chi connectivity index (χ1) is 6.15. The molecule has 2 heteroatoms. The second kappa shape index (κ2) is 4.28. The van der Waals surface area contributed by atoms with Crippen molar-refractivity contribution in [1.82, 2.24) is 0 Å². The number of hydrogen-bond donors (Lipinski definition) is 1. The number of nitrogen functional groups attached to an aromatic ring is 1. The molecule has 0 heterocycles. The minimum absolute atomic E-state index is 0.774. The summed E-state index contributed by atoms with van der Waals surface area (Å²) in [6.45, 7) is 5.75. The van der Waals surface area contributed by atoms with Crippen molar-refractivity contribution in [3.05, 3.63) is 39.7 Å². The van der Waals surface area contributed by atoms with Crippen LogP contribution in [0.2, 0.25) is 0 Å². The topological polar surface area (TPSA) is 26.0 Å². The predicted molar refractivity (Wildman–Crippen MR) is 62.8 cm³/mol. The molecule has 0 aromatic heterocycles. The van der Waals surface area contributed by atoms with Crippen LogP contribution in [0.3, 0.4) is 0 Å². The highest BCUT2D eigenvalue weighted by atomic mass is 79.9. The molecule has 0 aliphatic heterocycles. The summed E-state index contributed by atoms with van der Waals surface area (Å²) in [5.41, 5.74) is 6.61. The van der Waals surface area contributed by atoms with E-state index in [1.54, 1.807) is 0 Å². The van der Waals surface area contributed by atoms with E-state index < -0.39 is 0 Å². The normalized spacial score (nSPS) is 13.4. The summed E-state index contributed by atoms with van der Waals surface area (Å²) in [7, 11) is 0. The average Bonchev–Trinajstić information content (AvgIpc) is 2.08. The zero-order valence-electron chi connectivity index (χ0n) is 7.55. The van der Waals surface area contributed by atoms with Gasteiger partial charge >= 0.3 is 0 Å². The number of rotatable bonds is 1. The number of halogens is 1. The van der Waals surface area contributed by atoms with Gasteiger partial charge in [-0.15, -0.1) is 0 Å². The smallest absolute Gasteiger partial charge is 0.0393 e. The Kier molecular flexibility index (Phi) is 3.32. The van der Waals surface area contributed by atoms with Gasteiger partial charge in [0, 0.05) is 15.4 Å². The number of hydrogen-bond acceptors (Lipinski definition) is 1. The Bertz CT molecular complexity index is 432. The lowest BCUT2D eigenvalue weighted by molar-refractivity contribution is 1.50. The van der Waals surface area contributed by atoms with Crippen molar-refractivity contribution in [2.45, 2.75) is 6.92 Å². The largest absolute Gasteiger partial charge is 0.398 e. The van der Waals surface area contributed by atoms with E-state index in [2.05, 4.69) is 22.5 Å². The zero-order valence-corrected chi connectivity index (χ0v) is 9.14. The van der Waals surface area contributed by atoms with E-state index in [1.165, 1.54) is 0 Å². The average molecular weight is 238 g/mol. The highest BCUT2D eigenvalue weighted by Crippen LogP contribution is 2.01. The molecule has 0 fully saturated rings. The quantitative estimate of drug-likeness (QED) is 0.741. The van der Waals surface area contributed by atoms with Gasteiger partial charge in [-0.2, -0.15) is 0 Å². The molecule has 68 valence electrons. The Morgan fingerprint density at radius 1 is 1.54 bits per heavy atom. The molecule has 1 aromatic carbocycles. The van der Waals surface area contributed by atoms with Crippen molar-refractivity contribution in [2.75, 3.05) is 5.73 Å². The lowest BCUT2D eigenvalue weighted by Gasteiger charge is -1.95. The first kappa shape index (κ1) is 10.1. The third-order valence-electron chi connectivity index (χ3n) is 1.79. The maximum absolute atomic E-state index is 5.83. The van der Waals surface area contributed by atoms with Gasteiger partial charge in [0.2, 0.25) is 0 Å². The van der Waals surface area contributed by atoms with Gasteiger partial charge in [0.15, 0.2) is 0 Å². The zero-order chi connectivity index (χ0) is 9.84. The molecule has 0 amide bonds. The maximum atomic E-state index is 5.83. The molecule has 1 rings (SSSR count). The van der Waals surface area contributed by atoms with Crippen molar-refractivity contribution >= 4 is 33.8 Å². The number of benzene rings is 1. The van der Waals surface area contributed by atoms with Crippen LogP contribution in [0.4, 0.5) is 5.69 Å². The SMILES string of the molecule is C=C(Br)/C=c1/c(N)cccc1=CC. The van der Waals surface area contributed by atoms with Gasteiger partial charge in [-0.05, 0) is 24.3 Å². The van der Waals surface area contributed by atoms with E-state index in [1.807, 2.05) is 37.3 Å². The third-order valence-corrected chi connectivity index (χ3v) is 2.01. The molecule has 1 aromatic rings. The van der Waals surface area contributed by atoms with Gasteiger partial charge in [-0.1, -0.05) is 40.7 Å². The summed E-state index contributed by atoms with van der Waals surface area (Å²) in [6, 6.07) is 5.85. The van der Waals surface area contributed by atoms with E-state index in [0.29, 0.717) is 0 Å². The van der Waals surface area contributed by atoms with Crippen LogP contribution < -0.4 is 16.2 Å². The van der Waals surface area contributed by atoms with Crippen LogP contribution in [-0.2, 0) is 0 Å².